The highest BCUT2D eigenvalue weighted by atomic mass is 16.5. The fraction of sp³-hybridized carbons (Fsp3) is 0.833. The molecule has 0 aromatic heterocycles. The SMILES string of the molecule is [CH2]C(O)(CCC)C(O)O. The van der Waals surface area contributed by atoms with Gasteiger partial charge < -0.3 is 15.3 Å². The molecule has 1 unspecified atom stereocenters. The van der Waals surface area contributed by atoms with Crippen LogP contribution in [0.1, 0.15) is 19.8 Å². The molecule has 55 valence electrons. The van der Waals surface area contributed by atoms with Crippen LogP contribution in [0.15, 0.2) is 0 Å². The minimum atomic E-state index is -1.74. The highest BCUT2D eigenvalue weighted by Crippen LogP contribution is 2.13. The lowest BCUT2D eigenvalue weighted by molar-refractivity contribution is -0.164. The molecule has 0 aromatic carbocycles. The topological polar surface area (TPSA) is 60.7 Å². The lowest BCUT2D eigenvalue weighted by atomic mass is 10.0. The van der Waals surface area contributed by atoms with Gasteiger partial charge in [-0.2, -0.15) is 0 Å². The molecule has 0 spiro atoms. The van der Waals surface area contributed by atoms with E-state index in [0.29, 0.717) is 12.8 Å². The lowest BCUT2D eigenvalue weighted by Gasteiger charge is -2.23. The monoisotopic (exact) mass is 133 g/mol. The Kier molecular flexibility index (Phi) is 3.11. The van der Waals surface area contributed by atoms with Gasteiger partial charge in [-0.3, -0.25) is 0 Å². The van der Waals surface area contributed by atoms with Crippen LogP contribution in [0.4, 0.5) is 0 Å². The molecule has 0 heterocycles. The molecule has 3 N–H and O–H groups in total. The van der Waals surface area contributed by atoms with Crippen molar-refractivity contribution in [2.75, 3.05) is 0 Å². The van der Waals surface area contributed by atoms with Gasteiger partial charge in [0.05, 0.1) is 0 Å². The zero-order chi connectivity index (χ0) is 7.49. The van der Waals surface area contributed by atoms with E-state index in [-0.39, 0.29) is 0 Å². The summed E-state index contributed by atoms with van der Waals surface area (Å²) in [4.78, 5) is 0. The third kappa shape index (κ3) is 2.79. The maximum atomic E-state index is 8.98. The molecule has 3 nitrogen and oxygen atoms in total. The van der Waals surface area contributed by atoms with E-state index in [1.54, 1.807) is 0 Å². The molecule has 0 aliphatic rings. The molecule has 0 fully saturated rings. The maximum absolute atomic E-state index is 8.98. The number of aliphatic hydroxyl groups excluding tert-OH is 1. The van der Waals surface area contributed by atoms with Gasteiger partial charge in [-0.1, -0.05) is 13.3 Å². The molecule has 0 aromatic rings. The Hall–Kier alpha value is -0.120. The quantitative estimate of drug-likeness (QED) is 0.462. The first-order chi connectivity index (χ1) is 4.00. The number of aliphatic hydroxyl groups is 3. The van der Waals surface area contributed by atoms with Gasteiger partial charge in [-0.25, -0.2) is 0 Å². The molecule has 0 saturated heterocycles. The summed E-state index contributed by atoms with van der Waals surface area (Å²) in [5.74, 6) is 0. The van der Waals surface area contributed by atoms with Crippen molar-refractivity contribution in [3.05, 3.63) is 6.92 Å². The standard InChI is InChI=1S/C6H13O3/c1-3-4-6(2,9)5(7)8/h5,7-9H,2-4H2,1H3. The second-order valence-electron chi connectivity index (χ2n) is 2.23. The van der Waals surface area contributed by atoms with Crippen molar-refractivity contribution in [3.8, 4) is 0 Å². The molecule has 0 amide bonds. The smallest absolute Gasteiger partial charge is 0.181 e. The Labute approximate surface area is 54.9 Å². The molecule has 0 aliphatic carbocycles. The number of hydrogen-bond acceptors (Lipinski definition) is 3. The molecule has 1 radical (unpaired) electrons. The molecular formula is C6H13O3. The summed E-state index contributed by atoms with van der Waals surface area (Å²) in [5, 5.41) is 25.9. The Morgan fingerprint density at radius 1 is 1.56 bits per heavy atom. The summed E-state index contributed by atoms with van der Waals surface area (Å²) in [6, 6.07) is 0. The molecule has 0 rings (SSSR count). The fourth-order valence-corrected chi connectivity index (χ4v) is 0.562. The Morgan fingerprint density at radius 2 is 2.00 bits per heavy atom. The molecule has 0 aliphatic heterocycles. The van der Waals surface area contributed by atoms with Crippen molar-refractivity contribution in [1.29, 1.82) is 0 Å². The van der Waals surface area contributed by atoms with Crippen molar-refractivity contribution in [3.63, 3.8) is 0 Å². The van der Waals surface area contributed by atoms with Crippen LogP contribution >= 0.6 is 0 Å². The number of rotatable bonds is 3. The Bertz CT molecular complexity index is 78.4. The van der Waals surface area contributed by atoms with E-state index in [4.69, 9.17) is 15.3 Å². The van der Waals surface area contributed by atoms with Gasteiger partial charge >= 0.3 is 0 Å². The van der Waals surface area contributed by atoms with Crippen LogP contribution in [-0.4, -0.2) is 27.2 Å². The van der Waals surface area contributed by atoms with Crippen LogP contribution in [-0.2, 0) is 0 Å². The second kappa shape index (κ2) is 3.15. The molecule has 0 bridgehead atoms. The van der Waals surface area contributed by atoms with Crippen LogP contribution in [0.2, 0.25) is 0 Å². The summed E-state index contributed by atoms with van der Waals surface area (Å²) in [6.07, 6.45) is -0.764. The van der Waals surface area contributed by atoms with E-state index < -0.39 is 11.9 Å². The van der Waals surface area contributed by atoms with Crippen molar-refractivity contribution in [1.82, 2.24) is 0 Å². The summed E-state index contributed by atoms with van der Waals surface area (Å²) in [7, 11) is 0. The normalized spacial score (nSPS) is 18.0. The van der Waals surface area contributed by atoms with Gasteiger partial charge in [-0.05, 0) is 13.3 Å². The Balaban J connectivity index is 3.70. The average molecular weight is 133 g/mol. The van der Waals surface area contributed by atoms with Gasteiger partial charge in [0.15, 0.2) is 6.29 Å². The summed E-state index contributed by atoms with van der Waals surface area (Å²) < 4.78 is 0. The lowest BCUT2D eigenvalue weighted by Crippen LogP contribution is -2.39. The van der Waals surface area contributed by atoms with Crippen LogP contribution in [0.25, 0.3) is 0 Å². The molecule has 3 heteroatoms. The Morgan fingerprint density at radius 3 is 2.11 bits per heavy atom. The van der Waals surface area contributed by atoms with Crippen LogP contribution < -0.4 is 0 Å². The first kappa shape index (κ1) is 8.88. The predicted molar refractivity (Wildman–Crippen MR) is 33.4 cm³/mol. The van der Waals surface area contributed by atoms with Gasteiger partial charge in [0.25, 0.3) is 0 Å². The van der Waals surface area contributed by atoms with E-state index >= 15 is 0 Å². The van der Waals surface area contributed by atoms with E-state index in [2.05, 4.69) is 6.92 Å². The third-order valence-corrected chi connectivity index (χ3v) is 1.16. The fourth-order valence-electron chi connectivity index (χ4n) is 0.562. The summed E-state index contributed by atoms with van der Waals surface area (Å²) in [6.45, 7) is 5.05. The van der Waals surface area contributed by atoms with Gasteiger partial charge in [0, 0.05) is 0 Å². The van der Waals surface area contributed by atoms with Gasteiger partial charge in [0.1, 0.15) is 5.60 Å². The van der Waals surface area contributed by atoms with Crippen molar-refractivity contribution < 1.29 is 15.3 Å². The summed E-state index contributed by atoms with van der Waals surface area (Å²) in [5.41, 5.74) is -1.59. The largest absolute Gasteiger partial charge is 0.385 e. The minimum Gasteiger partial charge on any atom is -0.385 e. The first-order valence-corrected chi connectivity index (χ1v) is 2.94. The van der Waals surface area contributed by atoms with Crippen LogP contribution in [0.5, 0.6) is 0 Å². The van der Waals surface area contributed by atoms with E-state index in [0.717, 1.165) is 0 Å². The summed E-state index contributed by atoms with van der Waals surface area (Å²) >= 11 is 0. The molecule has 0 saturated carbocycles. The van der Waals surface area contributed by atoms with Crippen molar-refractivity contribution in [2.45, 2.75) is 31.7 Å². The second-order valence-corrected chi connectivity index (χ2v) is 2.23. The third-order valence-electron chi connectivity index (χ3n) is 1.16. The van der Waals surface area contributed by atoms with Gasteiger partial charge in [0.2, 0.25) is 0 Å². The highest BCUT2D eigenvalue weighted by Gasteiger charge is 2.26. The molecule has 9 heavy (non-hydrogen) atoms. The zero-order valence-corrected chi connectivity index (χ0v) is 5.54. The van der Waals surface area contributed by atoms with E-state index in [9.17, 15) is 0 Å². The van der Waals surface area contributed by atoms with E-state index in [1.165, 1.54) is 0 Å². The van der Waals surface area contributed by atoms with Gasteiger partial charge in [-0.15, -0.1) is 0 Å². The zero-order valence-electron chi connectivity index (χ0n) is 5.54. The predicted octanol–water partition coefficient (Wildman–Crippen LogP) is -0.338. The van der Waals surface area contributed by atoms with E-state index in [1.807, 2.05) is 6.92 Å². The van der Waals surface area contributed by atoms with Crippen LogP contribution in [0.3, 0.4) is 0 Å². The van der Waals surface area contributed by atoms with Crippen LogP contribution in [0, 0.1) is 6.92 Å². The van der Waals surface area contributed by atoms with Crippen molar-refractivity contribution >= 4 is 0 Å². The minimum absolute atomic E-state index is 0.296. The maximum Gasteiger partial charge on any atom is 0.181 e. The number of hydrogen-bond donors (Lipinski definition) is 3. The molecular weight excluding hydrogens is 120 g/mol. The van der Waals surface area contributed by atoms with Crippen molar-refractivity contribution in [2.24, 2.45) is 0 Å². The molecule has 1 atom stereocenters. The average Bonchev–Trinajstić information content (AvgIpc) is 1.65. The first-order valence-electron chi connectivity index (χ1n) is 2.94. The highest BCUT2D eigenvalue weighted by molar-refractivity contribution is 4.82.